The Kier molecular flexibility index (Phi) is 7.11. The molecule has 0 aliphatic carbocycles. The minimum atomic E-state index is 0.302. The van der Waals surface area contributed by atoms with Crippen molar-refractivity contribution < 1.29 is 9.53 Å². The lowest BCUT2D eigenvalue weighted by Crippen LogP contribution is -2.03. The Bertz CT molecular complexity index is 363. The van der Waals surface area contributed by atoms with Crippen molar-refractivity contribution in [3.05, 3.63) is 29.8 Å². The van der Waals surface area contributed by atoms with Crippen LogP contribution in [0.5, 0.6) is 5.75 Å². The molecule has 0 aromatic heterocycles. The normalized spacial score (nSPS) is 10.3. The van der Waals surface area contributed by atoms with E-state index in [9.17, 15) is 4.79 Å². The first kappa shape index (κ1) is 14.7. The third-order valence-corrected chi connectivity index (χ3v) is 2.95. The third-order valence-electron chi connectivity index (χ3n) is 2.95. The van der Waals surface area contributed by atoms with Gasteiger partial charge in [-0.25, -0.2) is 0 Å². The molecular weight excluding hydrogens is 226 g/mol. The van der Waals surface area contributed by atoms with E-state index >= 15 is 0 Å². The Labute approximate surface area is 109 Å². The quantitative estimate of drug-likeness (QED) is 0.685. The highest BCUT2D eigenvalue weighted by Gasteiger charge is 2.04. The molecule has 100 valence electrons. The van der Waals surface area contributed by atoms with Crippen LogP contribution in [0.3, 0.4) is 0 Å². The zero-order valence-electron chi connectivity index (χ0n) is 11.2. The fraction of sp³-hybridized carbons (Fsp3) is 0.533. The number of carbonyl (C=O) groups is 1. The molecule has 0 aliphatic heterocycles. The highest BCUT2D eigenvalue weighted by Crippen LogP contribution is 2.14. The summed E-state index contributed by atoms with van der Waals surface area (Å²) in [5.41, 5.74) is 6.45. The fourth-order valence-corrected chi connectivity index (χ4v) is 1.92. The molecule has 0 amide bonds. The van der Waals surface area contributed by atoms with Gasteiger partial charge in [0.25, 0.3) is 0 Å². The molecule has 1 rings (SSSR count). The zero-order chi connectivity index (χ0) is 13.2. The SMILES string of the molecule is COc1cccc(CC(=O)CCCCCCN)c1. The van der Waals surface area contributed by atoms with Crippen molar-refractivity contribution in [1.29, 1.82) is 0 Å². The largest absolute Gasteiger partial charge is 0.497 e. The number of hydrogen-bond donors (Lipinski definition) is 1. The summed E-state index contributed by atoms with van der Waals surface area (Å²) < 4.78 is 5.14. The second-order valence-electron chi connectivity index (χ2n) is 4.52. The number of ketones is 1. The zero-order valence-corrected chi connectivity index (χ0v) is 11.2. The summed E-state index contributed by atoms with van der Waals surface area (Å²) in [4.78, 5) is 11.8. The van der Waals surface area contributed by atoms with Crippen LogP contribution in [0, 0.1) is 0 Å². The maximum absolute atomic E-state index is 11.8. The molecule has 0 unspecified atom stereocenters. The van der Waals surface area contributed by atoms with E-state index < -0.39 is 0 Å². The van der Waals surface area contributed by atoms with Gasteiger partial charge in [-0.2, -0.15) is 0 Å². The monoisotopic (exact) mass is 249 g/mol. The van der Waals surface area contributed by atoms with Crippen molar-refractivity contribution >= 4 is 5.78 Å². The van der Waals surface area contributed by atoms with Crippen molar-refractivity contribution in [2.45, 2.75) is 38.5 Å². The lowest BCUT2D eigenvalue weighted by molar-refractivity contribution is -0.118. The van der Waals surface area contributed by atoms with Gasteiger partial charge in [0.15, 0.2) is 0 Å². The number of rotatable bonds is 9. The maximum Gasteiger partial charge on any atom is 0.137 e. The van der Waals surface area contributed by atoms with Gasteiger partial charge in [0.1, 0.15) is 11.5 Å². The molecule has 0 radical (unpaired) electrons. The number of hydrogen-bond acceptors (Lipinski definition) is 3. The Morgan fingerprint density at radius 3 is 2.72 bits per heavy atom. The molecule has 1 aromatic carbocycles. The second-order valence-corrected chi connectivity index (χ2v) is 4.52. The number of Topliss-reactive ketones (excluding diaryl/α,β-unsaturated/α-hetero) is 1. The van der Waals surface area contributed by atoms with E-state index in [4.69, 9.17) is 10.5 Å². The number of methoxy groups -OCH3 is 1. The van der Waals surface area contributed by atoms with E-state index in [0.29, 0.717) is 18.6 Å². The van der Waals surface area contributed by atoms with Gasteiger partial charge in [-0.15, -0.1) is 0 Å². The van der Waals surface area contributed by atoms with Crippen LogP contribution < -0.4 is 10.5 Å². The smallest absolute Gasteiger partial charge is 0.137 e. The predicted octanol–water partition coefficient (Wildman–Crippen LogP) is 2.72. The van der Waals surface area contributed by atoms with Gasteiger partial charge < -0.3 is 10.5 Å². The number of benzene rings is 1. The number of nitrogens with two attached hydrogens (primary N) is 1. The Morgan fingerprint density at radius 1 is 1.22 bits per heavy atom. The highest BCUT2D eigenvalue weighted by atomic mass is 16.5. The third kappa shape index (κ3) is 5.82. The number of carbonyl (C=O) groups excluding carboxylic acids is 1. The van der Waals surface area contributed by atoms with Crippen molar-refractivity contribution in [2.24, 2.45) is 5.73 Å². The van der Waals surface area contributed by atoms with Crippen LogP contribution in [-0.2, 0) is 11.2 Å². The molecule has 1 aromatic rings. The molecule has 3 heteroatoms. The second kappa shape index (κ2) is 8.70. The van der Waals surface area contributed by atoms with Crippen molar-refractivity contribution in [3.63, 3.8) is 0 Å². The summed E-state index contributed by atoms with van der Waals surface area (Å²) in [5, 5.41) is 0. The Balaban J connectivity index is 2.26. The van der Waals surface area contributed by atoms with Crippen molar-refractivity contribution in [3.8, 4) is 5.75 Å². The van der Waals surface area contributed by atoms with Crippen molar-refractivity contribution in [1.82, 2.24) is 0 Å². The van der Waals surface area contributed by atoms with Gasteiger partial charge >= 0.3 is 0 Å². The molecule has 18 heavy (non-hydrogen) atoms. The molecule has 0 fully saturated rings. The summed E-state index contributed by atoms with van der Waals surface area (Å²) >= 11 is 0. The average Bonchev–Trinajstić information content (AvgIpc) is 2.38. The summed E-state index contributed by atoms with van der Waals surface area (Å²) in [6.45, 7) is 0.748. The first-order chi connectivity index (χ1) is 8.76. The summed E-state index contributed by atoms with van der Waals surface area (Å²) in [5.74, 6) is 1.11. The van der Waals surface area contributed by atoms with Gasteiger partial charge in [-0.05, 0) is 37.1 Å². The molecule has 0 bridgehead atoms. The maximum atomic E-state index is 11.8. The van der Waals surface area contributed by atoms with Gasteiger partial charge in [0.05, 0.1) is 7.11 Å². The van der Waals surface area contributed by atoms with Crippen LogP contribution in [0.25, 0.3) is 0 Å². The first-order valence-corrected chi connectivity index (χ1v) is 6.61. The van der Waals surface area contributed by atoms with Crippen LogP contribution in [0.1, 0.15) is 37.7 Å². The minimum Gasteiger partial charge on any atom is -0.497 e. The topological polar surface area (TPSA) is 52.3 Å². The molecule has 0 saturated heterocycles. The van der Waals surface area contributed by atoms with Crippen LogP contribution >= 0.6 is 0 Å². The molecule has 3 nitrogen and oxygen atoms in total. The standard InChI is InChI=1S/C15H23NO2/c1-18-15-9-6-7-13(12-15)11-14(17)8-4-2-3-5-10-16/h6-7,9,12H,2-5,8,10-11,16H2,1H3. The first-order valence-electron chi connectivity index (χ1n) is 6.61. The van der Waals surface area contributed by atoms with Crippen LogP contribution in [0.15, 0.2) is 24.3 Å². The summed E-state index contributed by atoms with van der Waals surface area (Å²) in [7, 11) is 1.64. The van der Waals surface area contributed by atoms with Crippen LogP contribution in [0.2, 0.25) is 0 Å². The molecule has 2 N–H and O–H groups in total. The van der Waals surface area contributed by atoms with Gasteiger partial charge in [-0.1, -0.05) is 25.0 Å². The summed E-state index contributed by atoms with van der Waals surface area (Å²) in [6.07, 6.45) is 5.44. The highest BCUT2D eigenvalue weighted by molar-refractivity contribution is 5.80. The lowest BCUT2D eigenvalue weighted by Gasteiger charge is -2.04. The molecule has 0 atom stereocenters. The van der Waals surface area contributed by atoms with Gasteiger partial charge in [-0.3, -0.25) is 4.79 Å². The Hall–Kier alpha value is -1.35. The van der Waals surface area contributed by atoms with Gasteiger partial charge in [0, 0.05) is 12.8 Å². The van der Waals surface area contributed by atoms with E-state index in [1.54, 1.807) is 7.11 Å². The van der Waals surface area contributed by atoms with E-state index in [-0.39, 0.29) is 0 Å². The average molecular weight is 249 g/mol. The number of ether oxygens (including phenoxy) is 1. The van der Waals surface area contributed by atoms with Gasteiger partial charge in [0.2, 0.25) is 0 Å². The van der Waals surface area contributed by atoms with E-state index in [1.165, 1.54) is 0 Å². The number of unbranched alkanes of at least 4 members (excludes halogenated alkanes) is 3. The fourth-order valence-electron chi connectivity index (χ4n) is 1.92. The predicted molar refractivity (Wildman–Crippen MR) is 73.8 cm³/mol. The lowest BCUT2D eigenvalue weighted by atomic mass is 10.0. The van der Waals surface area contributed by atoms with E-state index in [0.717, 1.165) is 43.5 Å². The molecule has 0 saturated carbocycles. The van der Waals surface area contributed by atoms with E-state index in [1.807, 2.05) is 24.3 Å². The minimum absolute atomic E-state index is 0.302. The van der Waals surface area contributed by atoms with Crippen LogP contribution in [-0.4, -0.2) is 19.4 Å². The molecule has 0 heterocycles. The molecule has 0 aliphatic rings. The molecule has 0 spiro atoms. The van der Waals surface area contributed by atoms with E-state index in [2.05, 4.69) is 0 Å². The van der Waals surface area contributed by atoms with Crippen molar-refractivity contribution in [2.75, 3.05) is 13.7 Å². The van der Waals surface area contributed by atoms with Crippen LogP contribution in [0.4, 0.5) is 0 Å². The molecular formula is C15H23NO2. The summed E-state index contributed by atoms with van der Waals surface area (Å²) in [6, 6.07) is 7.70. The Morgan fingerprint density at radius 2 is 2.00 bits per heavy atom.